The number of carbonyl (C=O) groups excluding carboxylic acids is 1. The molecule has 0 spiro atoms. The second-order valence-electron chi connectivity index (χ2n) is 5.06. The van der Waals surface area contributed by atoms with Gasteiger partial charge in [-0.2, -0.15) is 0 Å². The number of hydrogen-bond donors (Lipinski definition) is 2. The van der Waals surface area contributed by atoms with Crippen molar-refractivity contribution in [2.24, 2.45) is 0 Å². The minimum absolute atomic E-state index is 0.0391. The Kier molecular flexibility index (Phi) is 2.93. The highest BCUT2D eigenvalue weighted by atomic mass is 16.1. The van der Waals surface area contributed by atoms with Gasteiger partial charge >= 0.3 is 0 Å². The molecule has 3 aromatic heterocycles. The minimum Gasteiger partial charge on any atom is -0.356 e. The third-order valence-corrected chi connectivity index (χ3v) is 3.63. The van der Waals surface area contributed by atoms with Crippen molar-refractivity contribution < 1.29 is 4.79 Å². The van der Waals surface area contributed by atoms with E-state index in [2.05, 4.69) is 25.3 Å². The number of carbonyl (C=O) groups is 1. The highest BCUT2D eigenvalue weighted by Crippen LogP contribution is 2.23. The van der Waals surface area contributed by atoms with Gasteiger partial charge < -0.3 is 10.3 Å². The molecule has 0 unspecified atom stereocenters. The molecule has 22 heavy (non-hydrogen) atoms. The zero-order valence-corrected chi connectivity index (χ0v) is 11.7. The van der Waals surface area contributed by atoms with E-state index in [1.807, 2.05) is 30.3 Å². The van der Waals surface area contributed by atoms with E-state index >= 15 is 0 Å². The predicted molar refractivity (Wildman–Crippen MR) is 81.1 cm³/mol. The topological polar surface area (TPSA) is 83.6 Å². The van der Waals surface area contributed by atoms with Gasteiger partial charge in [0, 0.05) is 31.1 Å². The first-order chi connectivity index (χ1) is 10.8. The normalized spacial score (nSPS) is 13.5. The van der Waals surface area contributed by atoms with Gasteiger partial charge in [0.05, 0.1) is 17.0 Å². The van der Waals surface area contributed by atoms with Crippen molar-refractivity contribution in [3.63, 3.8) is 0 Å². The van der Waals surface area contributed by atoms with Crippen molar-refractivity contribution in [3.8, 4) is 22.9 Å². The molecule has 1 aliphatic heterocycles. The molecule has 1 aliphatic rings. The van der Waals surface area contributed by atoms with Crippen molar-refractivity contribution in [3.05, 3.63) is 54.0 Å². The Balaban J connectivity index is 1.76. The van der Waals surface area contributed by atoms with E-state index in [0.717, 1.165) is 29.2 Å². The van der Waals surface area contributed by atoms with Crippen molar-refractivity contribution in [2.45, 2.75) is 6.42 Å². The Labute approximate surface area is 126 Å². The van der Waals surface area contributed by atoms with Crippen LogP contribution in [-0.4, -0.2) is 32.4 Å². The fraction of sp³-hybridized carbons (Fsp3) is 0.125. The van der Waals surface area contributed by atoms with Gasteiger partial charge in [-0.1, -0.05) is 6.07 Å². The second kappa shape index (κ2) is 5.07. The summed E-state index contributed by atoms with van der Waals surface area (Å²) in [6.45, 7) is 0.661. The summed E-state index contributed by atoms with van der Waals surface area (Å²) in [5, 5.41) is 2.84. The molecule has 1 amide bonds. The van der Waals surface area contributed by atoms with E-state index in [9.17, 15) is 4.79 Å². The summed E-state index contributed by atoms with van der Waals surface area (Å²) in [5.41, 5.74) is 3.94. The van der Waals surface area contributed by atoms with Crippen LogP contribution in [0.1, 0.15) is 16.1 Å². The zero-order valence-electron chi connectivity index (χ0n) is 11.7. The summed E-state index contributed by atoms with van der Waals surface area (Å²) < 4.78 is 0. The monoisotopic (exact) mass is 291 g/mol. The summed E-state index contributed by atoms with van der Waals surface area (Å²) in [6, 6.07) is 9.28. The van der Waals surface area contributed by atoms with Crippen LogP contribution in [-0.2, 0) is 6.42 Å². The van der Waals surface area contributed by atoms with Gasteiger partial charge in [-0.05, 0) is 24.3 Å². The molecular weight excluding hydrogens is 278 g/mol. The molecule has 0 aliphatic carbocycles. The molecule has 4 heterocycles. The average Bonchev–Trinajstić information content (AvgIpc) is 3.02. The number of rotatable bonds is 2. The molecule has 0 radical (unpaired) electrons. The molecule has 6 nitrogen and oxygen atoms in total. The Bertz CT molecular complexity index is 841. The van der Waals surface area contributed by atoms with Gasteiger partial charge in [0.2, 0.25) is 0 Å². The first kappa shape index (κ1) is 12.7. The van der Waals surface area contributed by atoms with Gasteiger partial charge in [0.1, 0.15) is 5.69 Å². The second-order valence-corrected chi connectivity index (χ2v) is 5.06. The maximum absolute atomic E-state index is 11.8. The van der Waals surface area contributed by atoms with Crippen LogP contribution >= 0.6 is 0 Å². The highest BCUT2D eigenvalue weighted by molar-refractivity contribution is 5.97. The standard InChI is InChI=1S/C16H13N5O/c22-16-10-9-14(20-11(10)4-8-19-16)12-5-7-18-15(21-12)13-3-1-2-6-17-13/h1-3,5-7,9,20H,4,8H2,(H,19,22). The lowest BCUT2D eigenvalue weighted by Crippen LogP contribution is -2.31. The van der Waals surface area contributed by atoms with Gasteiger partial charge in [-0.15, -0.1) is 0 Å². The van der Waals surface area contributed by atoms with Crippen LogP contribution in [0.5, 0.6) is 0 Å². The fourth-order valence-corrected chi connectivity index (χ4v) is 2.56. The van der Waals surface area contributed by atoms with E-state index in [0.29, 0.717) is 17.9 Å². The number of H-pyrrole nitrogens is 1. The van der Waals surface area contributed by atoms with Crippen LogP contribution in [0.4, 0.5) is 0 Å². The maximum atomic E-state index is 11.8. The number of nitrogens with zero attached hydrogens (tertiary/aromatic N) is 3. The summed E-state index contributed by atoms with van der Waals surface area (Å²) in [7, 11) is 0. The van der Waals surface area contributed by atoms with E-state index in [4.69, 9.17) is 0 Å². The molecule has 0 aromatic carbocycles. The Hall–Kier alpha value is -3.02. The molecule has 0 atom stereocenters. The van der Waals surface area contributed by atoms with Crippen LogP contribution in [0.3, 0.4) is 0 Å². The van der Waals surface area contributed by atoms with Gasteiger partial charge in [0.25, 0.3) is 5.91 Å². The lowest BCUT2D eigenvalue weighted by Gasteiger charge is -2.10. The maximum Gasteiger partial charge on any atom is 0.253 e. The van der Waals surface area contributed by atoms with Crippen LogP contribution < -0.4 is 5.32 Å². The van der Waals surface area contributed by atoms with Crippen LogP contribution in [0.25, 0.3) is 22.9 Å². The first-order valence-corrected chi connectivity index (χ1v) is 7.06. The third kappa shape index (κ3) is 2.14. The number of aromatic amines is 1. The molecule has 4 rings (SSSR count). The summed E-state index contributed by atoms with van der Waals surface area (Å²) in [4.78, 5) is 28.2. The van der Waals surface area contributed by atoms with Crippen molar-refractivity contribution >= 4 is 5.91 Å². The third-order valence-electron chi connectivity index (χ3n) is 3.63. The van der Waals surface area contributed by atoms with E-state index < -0.39 is 0 Å². The molecule has 0 fully saturated rings. The molecule has 108 valence electrons. The molecule has 0 saturated heterocycles. The van der Waals surface area contributed by atoms with Crippen LogP contribution in [0.2, 0.25) is 0 Å². The quantitative estimate of drug-likeness (QED) is 0.754. The smallest absolute Gasteiger partial charge is 0.253 e. The first-order valence-electron chi connectivity index (χ1n) is 7.06. The van der Waals surface area contributed by atoms with E-state index in [-0.39, 0.29) is 5.91 Å². The van der Waals surface area contributed by atoms with Crippen molar-refractivity contribution in [1.29, 1.82) is 0 Å². The van der Waals surface area contributed by atoms with Gasteiger partial charge in [0.15, 0.2) is 5.82 Å². The Morgan fingerprint density at radius 2 is 2.00 bits per heavy atom. The lowest BCUT2D eigenvalue weighted by molar-refractivity contribution is 0.0946. The highest BCUT2D eigenvalue weighted by Gasteiger charge is 2.20. The summed E-state index contributed by atoms with van der Waals surface area (Å²) >= 11 is 0. The van der Waals surface area contributed by atoms with E-state index in [1.165, 1.54) is 0 Å². The number of pyridine rings is 1. The number of amides is 1. The number of hydrogen-bond acceptors (Lipinski definition) is 4. The molecule has 6 heteroatoms. The SMILES string of the molecule is O=C1NCCc2[nH]c(-c3ccnc(-c4ccccn4)n3)cc21. The van der Waals surface area contributed by atoms with Crippen molar-refractivity contribution in [1.82, 2.24) is 25.3 Å². The average molecular weight is 291 g/mol. The number of aromatic nitrogens is 4. The minimum atomic E-state index is -0.0391. The molecule has 3 aromatic rings. The van der Waals surface area contributed by atoms with Crippen molar-refractivity contribution in [2.75, 3.05) is 6.54 Å². The number of fused-ring (bicyclic) bond motifs is 1. The largest absolute Gasteiger partial charge is 0.356 e. The molecule has 0 saturated carbocycles. The molecule has 0 bridgehead atoms. The molecular formula is C16H13N5O. The lowest BCUT2D eigenvalue weighted by atomic mass is 10.1. The zero-order chi connectivity index (χ0) is 14.9. The van der Waals surface area contributed by atoms with E-state index in [1.54, 1.807) is 12.4 Å². The van der Waals surface area contributed by atoms with Crippen LogP contribution in [0, 0.1) is 0 Å². The molecule has 2 N–H and O–H groups in total. The van der Waals surface area contributed by atoms with Crippen LogP contribution in [0.15, 0.2) is 42.7 Å². The fourth-order valence-electron chi connectivity index (χ4n) is 2.56. The predicted octanol–water partition coefficient (Wildman–Crippen LogP) is 1.82. The Morgan fingerprint density at radius 1 is 1.05 bits per heavy atom. The van der Waals surface area contributed by atoms with Gasteiger partial charge in [-0.3, -0.25) is 9.78 Å². The summed E-state index contributed by atoms with van der Waals surface area (Å²) in [5.74, 6) is 0.526. The number of nitrogens with one attached hydrogen (secondary N) is 2. The summed E-state index contributed by atoms with van der Waals surface area (Å²) in [6.07, 6.45) is 4.22. The Morgan fingerprint density at radius 3 is 2.82 bits per heavy atom. The van der Waals surface area contributed by atoms with Gasteiger partial charge in [-0.25, -0.2) is 9.97 Å².